The Hall–Kier alpha value is -1.35. The third kappa shape index (κ3) is 4.64. The molecule has 0 aromatic heterocycles. The van der Waals surface area contributed by atoms with Crippen LogP contribution in [0.1, 0.15) is 49.7 Å². The van der Waals surface area contributed by atoms with Gasteiger partial charge in [0.15, 0.2) is 0 Å². The zero-order valence-corrected chi connectivity index (χ0v) is 12.4. The molecule has 1 aliphatic carbocycles. The highest BCUT2D eigenvalue weighted by Gasteiger charge is 2.23. The molecule has 0 saturated heterocycles. The van der Waals surface area contributed by atoms with Crippen LogP contribution in [0, 0.1) is 6.92 Å². The summed E-state index contributed by atoms with van der Waals surface area (Å²) in [7, 11) is 0. The van der Waals surface area contributed by atoms with Crippen molar-refractivity contribution in [1.29, 1.82) is 0 Å². The van der Waals surface area contributed by atoms with E-state index in [0.29, 0.717) is 6.04 Å². The van der Waals surface area contributed by atoms with Crippen molar-refractivity contribution < 1.29 is 14.8 Å². The van der Waals surface area contributed by atoms with Crippen molar-refractivity contribution in [3.8, 4) is 0 Å². The standard InChI is InChI=1S/C17H25NO2/c1-14-7-6-8-15(11-14)12-18(13-17(19)20)16-9-4-2-3-5-10-16/h6-8,11,16H,2-5,9-10,12-13H2,1H3,(H,19,20). The van der Waals surface area contributed by atoms with Crippen LogP contribution in [0.2, 0.25) is 0 Å². The van der Waals surface area contributed by atoms with Gasteiger partial charge in [-0.25, -0.2) is 0 Å². The average molecular weight is 275 g/mol. The number of nitrogens with one attached hydrogen (secondary N) is 1. The molecule has 1 aromatic rings. The Kier molecular flexibility index (Phi) is 5.60. The number of benzene rings is 1. The van der Waals surface area contributed by atoms with E-state index in [-0.39, 0.29) is 6.54 Å². The normalized spacial score (nSPS) is 18.4. The molecule has 0 amide bonds. The summed E-state index contributed by atoms with van der Waals surface area (Å²) in [6.45, 7) is 2.99. The lowest BCUT2D eigenvalue weighted by Crippen LogP contribution is -3.15. The third-order valence-electron chi connectivity index (χ3n) is 4.32. The van der Waals surface area contributed by atoms with Crippen molar-refractivity contribution >= 4 is 5.97 Å². The Labute approximate surface area is 121 Å². The average Bonchev–Trinajstić information content (AvgIpc) is 2.66. The van der Waals surface area contributed by atoms with Crippen LogP contribution < -0.4 is 10.0 Å². The predicted octanol–water partition coefficient (Wildman–Crippen LogP) is 0.853. The summed E-state index contributed by atoms with van der Waals surface area (Å²) in [5.74, 6) is -0.933. The van der Waals surface area contributed by atoms with Gasteiger partial charge in [-0.1, -0.05) is 42.7 Å². The number of aliphatic carboxylic acids is 1. The van der Waals surface area contributed by atoms with Crippen LogP contribution in [0.4, 0.5) is 0 Å². The van der Waals surface area contributed by atoms with Gasteiger partial charge in [-0.15, -0.1) is 0 Å². The Morgan fingerprint density at radius 1 is 1.25 bits per heavy atom. The SMILES string of the molecule is Cc1cccc(C[NH+](CC(=O)[O-])C2CCCCCC2)c1. The van der Waals surface area contributed by atoms with E-state index in [2.05, 4.69) is 25.1 Å². The molecule has 0 spiro atoms. The van der Waals surface area contributed by atoms with Crippen LogP contribution in [-0.2, 0) is 11.3 Å². The van der Waals surface area contributed by atoms with E-state index in [1.165, 1.54) is 36.8 Å². The number of carbonyl (C=O) groups is 1. The summed E-state index contributed by atoms with van der Waals surface area (Å²) in [4.78, 5) is 12.2. The summed E-state index contributed by atoms with van der Waals surface area (Å²) in [6.07, 6.45) is 7.34. The van der Waals surface area contributed by atoms with Gasteiger partial charge < -0.3 is 14.8 Å². The number of rotatable bonds is 5. The minimum Gasteiger partial charge on any atom is -0.544 e. The fourth-order valence-electron chi connectivity index (χ4n) is 3.31. The maximum atomic E-state index is 11.1. The first-order valence-corrected chi connectivity index (χ1v) is 7.75. The number of carboxylic acids is 1. The molecule has 0 radical (unpaired) electrons. The summed E-state index contributed by atoms with van der Waals surface area (Å²) in [6, 6.07) is 8.85. The van der Waals surface area contributed by atoms with E-state index in [1.807, 2.05) is 6.07 Å². The molecular formula is C17H25NO2. The minimum atomic E-state index is -0.933. The van der Waals surface area contributed by atoms with Gasteiger partial charge in [0.05, 0.1) is 12.0 Å². The van der Waals surface area contributed by atoms with Crippen molar-refractivity contribution in [2.45, 2.75) is 58.0 Å². The third-order valence-corrected chi connectivity index (χ3v) is 4.32. The van der Waals surface area contributed by atoms with E-state index < -0.39 is 5.97 Å². The second-order valence-electron chi connectivity index (χ2n) is 6.06. The fraction of sp³-hybridized carbons (Fsp3) is 0.588. The smallest absolute Gasteiger partial charge is 0.118 e. The van der Waals surface area contributed by atoms with Crippen LogP contribution in [0.25, 0.3) is 0 Å². The number of aryl methyl sites for hydroxylation is 1. The monoisotopic (exact) mass is 275 g/mol. The van der Waals surface area contributed by atoms with Crippen LogP contribution in [0.15, 0.2) is 24.3 Å². The number of quaternary nitrogens is 1. The number of hydrogen-bond acceptors (Lipinski definition) is 2. The second-order valence-corrected chi connectivity index (χ2v) is 6.06. The molecule has 20 heavy (non-hydrogen) atoms. The number of hydrogen-bond donors (Lipinski definition) is 1. The summed E-state index contributed by atoms with van der Waals surface area (Å²) in [5, 5.41) is 11.1. The summed E-state index contributed by atoms with van der Waals surface area (Å²) >= 11 is 0. The molecule has 1 unspecified atom stereocenters. The lowest BCUT2D eigenvalue weighted by Gasteiger charge is -2.28. The molecule has 3 nitrogen and oxygen atoms in total. The van der Waals surface area contributed by atoms with E-state index in [1.54, 1.807) is 0 Å². The van der Waals surface area contributed by atoms with Gasteiger partial charge in [0.2, 0.25) is 0 Å². The van der Waals surface area contributed by atoms with Gasteiger partial charge in [-0.05, 0) is 32.6 Å². The fourth-order valence-corrected chi connectivity index (χ4v) is 3.31. The topological polar surface area (TPSA) is 44.6 Å². The predicted molar refractivity (Wildman–Crippen MR) is 77.2 cm³/mol. The second kappa shape index (κ2) is 7.44. The van der Waals surface area contributed by atoms with Gasteiger partial charge in [0.1, 0.15) is 13.1 Å². The van der Waals surface area contributed by atoms with Crippen LogP contribution in [-0.4, -0.2) is 18.6 Å². The van der Waals surface area contributed by atoms with Gasteiger partial charge in [0, 0.05) is 5.56 Å². The van der Waals surface area contributed by atoms with Crippen molar-refractivity contribution in [2.75, 3.05) is 6.54 Å². The summed E-state index contributed by atoms with van der Waals surface area (Å²) < 4.78 is 0. The van der Waals surface area contributed by atoms with Crippen molar-refractivity contribution in [1.82, 2.24) is 0 Å². The zero-order valence-electron chi connectivity index (χ0n) is 12.4. The lowest BCUT2D eigenvalue weighted by atomic mass is 10.0. The molecule has 1 saturated carbocycles. The first-order chi connectivity index (χ1) is 9.65. The molecule has 0 bridgehead atoms. The summed E-state index contributed by atoms with van der Waals surface area (Å²) in [5.41, 5.74) is 2.46. The van der Waals surface area contributed by atoms with Crippen molar-refractivity contribution in [3.63, 3.8) is 0 Å². The Morgan fingerprint density at radius 3 is 2.55 bits per heavy atom. The number of carboxylic acid groups (broad SMARTS) is 1. The molecule has 110 valence electrons. The van der Waals surface area contributed by atoms with E-state index in [4.69, 9.17) is 0 Å². The zero-order chi connectivity index (χ0) is 14.4. The quantitative estimate of drug-likeness (QED) is 0.810. The highest BCUT2D eigenvalue weighted by Crippen LogP contribution is 2.16. The molecule has 1 aromatic carbocycles. The van der Waals surface area contributed by atoms with Crippen LogP contribution >= 0.6 is 0 Å². The minimum absolute atomic E-state index is 0.124. The molecular weight excluding hydrogens is 250 g/mol. The molecule has 1 atom stereocenters. The highest BCUT2D eigenvalue weighted by atomic mass is 16.4. The largest absolute Gasteiger partial charge is 0.544 e. The van der Waals surface area contributed by atoms with Gasteiger partial charge >= 0.3 is 0 Å². The molecule has 3 heteroatoms. The highest BCUT2D eigenvalue weighted by molar-refractivity contribution is 5.65. The molecule has 1 aliphatic rings. The maximum Gasteiger partial charge on any atom is 0.118 e. The van der Waals surface area contributed by atoms with Crippen LogP contribution in [0.3, 0.4) is 0 Å². The van der Waals surface area contributed by atoms with Gasteiger partial charge in [0.25, 0.3) is 0 Å². The molecule has 1 N–H and O–H groups in total. The Bertz CT molecular complexity index is 436. The Balaban J connectivity index is 2.07. The van der Waals surface area contributed by atoms with Crippen LogP contribution in [0.5, 0.6) is 0 Å². The van der Waals surface area contributed by atoms with E-state index >= 15 is 0 Å². The van der Waals surface area contributed by atoms with E-state index in [0.717, 1.165) is 24.3 Å². The molecule has 0 aliphatic heterocycles. The first kappa shape index (κ1) is 15.0. The van der Waals surface area contributed by atoms with Gasteiger partial charge in [-0.2, -0.15) is 0 Å². The molecule has 2 rings (SSSR count). The molecule has 1 fully saturated rings. The number of carbonyl (C=O) groups excluding carboxylic acids is 1. The van der Waals surface area contributed by atoms with Crippen molar-refractivity contribution in [2.24, 2.45) is 0 Å². The Morgan fingerprint density at radius 2 is 1.95 bits per heavy atom. The first-order valence-electron chi connectivity index (χ1n) is 7.75. The van der Waals surface area contributed by atoms with E-state index in [9.17, 15) is 9.90 Å². The van der Waals surface area contributed by atoms with Gasteiger partial charge in [-0.3, -0.25) is 0 Å². The lowest BCUT2D eigenvalue weighted by molar-refractivity contribution is -0.934. The molecule has 0 heterocycles. The van der Waals surface area contributed by atoms with Crippen molar-refractivity contribution in [3.05, 3.63) is 35.4 Å². The maximum absolute atomic E-state index is 11.1.